The molecule has 1 saturated carbocycles. The second-order valence-electron chi connectivity index (χ2n) is 11.5. The molecule has 42 heavy (non-hydrogen) atoms. The van der Waals surface area contributed by atoms with E-state index in [-0.39, 0.29) is 23.5 Å². The number of hydrogen-bond donors (Lipinski definition) is 2. The Morgan fingerprint density at radius 3 is 2.45 bits per heavy atom. The number of benzene rings is 2. The number of halogens is 2. The minimum atomic E-state index is -0.301. The van der Waals surface area contributed by atoms with E-state index >= 15 is 4.39 Å². The number of rotatable bonds is 5. The van der Waals surface area contributed by atoms with Gasteiger partial charge in [0.15, 0.2) is 5.82 Å². The molecule has 0 amide bonds. The molecule has 2 aromatic carbocycles. The third kappa shape index (κ3) is 5.29. The van der Waals surface area contributed by atoms with Crippen molar-refractivity contribution in [1.29, 1.82) is 0 Å². The summed E-state index contributed by atoms with van der Waals surface area (Å²) in [5.41, 5.74) is 10.8. The van der Waals surface area contributed by atoms with Gasteiger partial charge in [0.25, 0.3) is 0 Å². The van der Waals surface area contributed by atoms with Crippen molar-refractivity contribution in [3.63, 3.8) is 0 Å². The van der Waals surface area contributed by atoms with Crippen LogP contribution in [0, 0.1) is 11.6 Å². The molecule has 3 aliphatic rings. The van der Waals surface area contributed by atoms with Crippen LogP contribution in [0.25, 0.3) is 17.1 Å². The number of hydrogen-bond acceptors (Lipinski definition) is 8. The minimum Gasteiger partial charge on any atom is -0.368 e. The normalized spacial score (nSPS) is 17.9. The summed E-state index contributed by atoms with van der Waals surface area (Å²) in [5, 5.41) is 16.3. The summed E-state index contributed by atoms with van der Waals surface area (Å²) in [7, 11) is 0. The first-order valence-electron chi connectivity index (χ1n) is 15.0. The zero-order chi connectivity index (χ0) is 28.6. The van der Waals surface area contributed by atoms with Crippen molar-refractivity contribution >= 4 is 23.3 Å². The summed E-state index contributed by atoms with van der Waals surface area (Å²) < 4.78 is 30.7. The van der Waals surface area contributed by atoms with Crippen LogP contribution in [0.5, 0.6) is 0 Å². The maximum atomic E-state index is 15.3. The number of fused-ring (bicyclic) bond motifs is 3. The van der Waals surface area contributed by atoms with Crippen LogP contribution >= 0.6 is 0 Å². The minimum absolute atomic E-state index is 0.125. The van der Waals surface area contributed by atoms with E-state index in [4.69, 9.17) is 5.73 Å². The summed E-state index contributed by atoms with van der Waals surface area (Å²) >= 11 is 0. The quantitative estimate of drug-likeness (QED) is 0.334. The van der Waals surface area contributed by atoms with E-state index in [9.17, 15) is 4.39 Å². The van der Waals surface area contributed by atoms with Crippen molar-refractivity contribution in [3.05, 3.63) is 65.2 Å². The number of nitrogens with one attached hydrogen (secondary N) is 1. The molecule has 2 aliphatic carbocycles. The largest absolute Gasteiger partial charge is 0.368 e. The number of nitrogens with zero attached hydrogens (tertiary/aromatic N) is 7. The maximum Gasteiger partial charge on any atom is 0.248 e. The van der Waals surface area contributed by atoms with Gasteiger partial charge in [-0.15, -0.1) is 15.3 Å². The topological polar surface area (TPSA) is 101 Å². The van der Waals surface area contributed by atoms with Gasteiger partial charge in [0, 0.05) is 43.5 Å². The van der Waals surface area contributed by atoms with Gasteiger partial charge in [-0.2, -0.15) is 9.67 Å². The highest BCUT2D eigenvalue weighted by Crippen LogP contribution is 2.32. The van der Waals surface area contributed by atoms with Gasteiger partial charge in [0.2, 0.25) is 11.9 Å². The molecule has 4 aromatic rings. The Kier molecular flexibility index (Phi) is 7.19. The Bertz CT molecular complexity index is 1590. The predicted octanol–water partition coefficient (Wildman–Crippen LogP) is 5.27. The highest BCUT2D eigenvalue weighted by Gasteiger charge is 2.26. The molecule has 0 unspecified atom stereocenters. The summed E-state index contributed by atoms with van der Waals surface area (Å²) in [5.74, 6) is 0.183. The van der Waals surface area contributed by atoms with E-state index in [2.05, 4.69) is 35.4 Å². The molecule has 0 spiro atoms. The maximum absolute atomic E-state index is 15.3. The average molecular weight is 572 g/mol. The van der Waals surface area contributed by atoms with Crippen molar-refractivity contribution < 1.29 is 8.78 Å². The molecule has 2 fully saturated rings. The molecule has 2 aromatic heterocycles. The molecule has 1 saturated heterocycles. The lowest BCUT2D eigenvalue weighted by Gasteiger charge is -2.41. The number of aryl methyl sites for hydroxylation is 2. The van der Waals surface area contributed by atoms with Crippen LogP contribution in [0.15, 0.2) is 42.5 Å². The van der Waals surface area contributed by atoms with Gasteiger partial charge in [0.05, 0.1) is 11.4 Å². The van der Waals surface area contributed by atoms with E-state index in [0.29, 0.717) is 28.9 Å². The van der Waals surface area contributed by atoms with Crippen LogP contribution in [0.4, 0.5) is 32.1 Å². The van der Waals surface area contributed by atoms with Gasteiger partial charge >= 0.3 is 0 Å². The van der Waals surface area contributed by atoms with Gasteiger partial charge in [-0.05, 0) is 79.6 Å². The van der Waals surface area contributed by atoms with Gasteiger partial charge in [-0.1, -0.05) is 25.3 Å². The number of nitrogen functional groups attached to an aromatic ring is 1. The third-order valence-corrected chi connectivity index (χ3v) is 8.88. The van der Waals surface area contributed by atoms with Crippen molar-refractivity contribution in [2.75, 3.05) is 42.1 Å². The van der Waals surface area contributed by atoms with E-state index in [0.717, 1.165) is 62.1 Å². The second kappa shape index (κ2) is 11.3. The third-order valence-electron chi connectivity index (χ3n) is 8.88. The SMILES string of the molecule is Nc1nc(Nc2ccc(N3CCN(C4CCCCC4)CC3)c(F)c2)nn1-c1cc2c(nn1)-c1cc(F)ccc1CCC2. The molecular weight excluding hydrogens is 536 g/mol. The molecule has 7 rings (SSSR count). The van der Waals surface area contributed by atoms with Crippen LogP contribution in [0.1, 0.15) is 49.7 Å². The molecular formula is C31H35F2N9. The van der Waals surface area contributed by atoms with Crippen LogP contribution < -0.4 is 16.0 Å². The summed E-state index contributed by atoms with van der Waals surface area (Å²) in [6.07, 6.45) is 9.10. The zero-order valence-corrected chi connectivity index (χ0v) is 23.6. The summed E-state index contributed by atoms with van der Waals surface area (Å²) in [6.45, 7) is 3.59. The number of anilines is 4. The molecule has 9 nitrogen and oxygen atoms in total. The fraction of sp³-hybridized carbons (Fsp3) is 0.419. The molecule has 3 heterocycles. The van der Waals surface area contributed by atoms with Crippen molar-refractivity contribution in [1.82, 2.24) is 29.9 Å². The lowest BCUT2D eigenvalue weighted by atomic mass is 9.94. The van der Waals surface area contributed by atoms with Crippen LogP contribution in [0.2, 0.25) is 0 Å². The number of aromatic nitrogens is 5. The smallest absolute Gasteiger partial charge is 0.248 e. The Morgan fingerprint density at radius 1 is 0.833 bits per heavy atom. The lowest BCUT2D eigenvalue weighted by Crippen LogP contribution is -2.51. The second-order valence-corrected chi connectivity index (χ2v) is 11.5. The predicted molar refractivity (Wildman–Crippen MR) is 159 cm³/mol. The molecule has 0 bridgehead atoms. The Labute approximate surface area is 243 Å². The first kappa shape index (κ1) is 26.8. The summed E-state index contributed by atoms with van der Waals surface area (Å²) in [6, 6.07) is 12.5. The van der Waals surface area contributed by atoms with Crippen molar-refractivity contribution in [2.24, 2.45) is 0 Å². The molecule has 3 N–H and O–H groups in total. The van der Waals surface area contributed by atoms with Crippen LogP contribution in [-0.2, 0) is 12.8 Å². The van der Waals surface area contributed by atoms with Crippen LogP contribution in [0.3, 0.4) is 0 Å². The van der Waals surface area contributed by atoms with Gasteiger partial charge in [-0.25, -0.2) is 8.78 Å². The highest BCUT2D eigenvalue weighted by atomic mass is 19.1. The van der Waals surface area contributed by atoms with E-state index in [1.54, 1.807) is 0 Å². The van der Waals surface area contributed by atoms with Gasteiger partial charge in [0.1, 0.15) is 11.6 Å². The van der Waals surface area contributed by atoms with Crippen molar-refractivity contribution in [3.8, 4) is 17.1 Å². The molecule has 0 radical (unpaired) electrons. The fourth-order valence-corrected chi connectivity index (χ4v) is 6.69. The van der Waals surface area contributed by atoms with Gasteiger partial charge in [-0.3, -0.25) is 4.90 Å². The molecule has 0 atom stereocenters. The van der Waals surface area contributed by atoms with Crippen LogP contribution in [-0.4, -0.2) is 62.1 Å². The zero-order valence-electron chi connectivity index (χ0n) is 23.6. The van der Waals surface area contributed by atoms with E-state index < -0.39 is 0 Å². The van der Waals surface area contributed by atoms with Crippen molar-refractivity contribution in [2.45, 2.75) is 57.4 Å². The fourth-order valence-electron chi connectivity index (χ4n) is 6.69. The number of piperazine rings is 1. The Hall–Kier alpha value is -4.12. The Morgan fingerprint density at radius 2 is 1.64 bits per heavy atom. The average Bonchev–Trinajstić information content (AvgIpc) is 3.27. The Balaban J connectivity index is 1.05. The van der Waals surface area contributed by atoms with E-state index in [1.165, 1.54) is 55.0 Å². The first-order chi connectivity index (χ1) is 20.5. The molecule has 11 heteroatoms. The van der Waals surface area contributed by atoms with Gasteiger partial charge < -0.3 is 16.0 Å². The molecule has 1 aliphatic heterocycles. The van der Waals surface area contributed by atoms with E-state index in [1.807, 2.05) is 24.3 Å². The standard InChI is InChI=1S/C31H35F2N9/c32-22-10-9-20-5-4-6-21-17-28(37-38-29(21)25(20)18-22)42-30(34)36-31(39-42)35-23-11-12-27(26(33)19-23)41-15-13-40(14-16-41)24-7-2-1-3-8-24/h9-12,17-19,24H,1-8,13-16H2,(H3,34,35,36,39). The monoisotopic (exact) mass is 571 g/mol. The lowest BCUT2D eigenvalue weighted by molar-refractivity contribution is 0.147. The highest BCUT2D eigenvalue weighted by molar-refractivity contribution is 5.68. The molecule has 218 valence electrons. The first-order valence-corrected chi connectivity index (χ1v) is 15.0. The number of nitrogens with two attached hydrogens (primary N) is 1. The summed E-state index contributed by atoms with van der Waals surface area (Å²) in [4.78, 5) is 9.04.